The number of hydrogen-bond donors (Lipinski definition) is 2. The van der Waals surface area contributed by atoms with Crippen LogP contribution in [0.15, 0.2) is 18.2 Å². The smallest absolute Gasteiger partial charge is 0.263 e. The van der Waals surface area contributed by atoms with Crippen LogP contribution in [0, 0.1) is 0 Å². The van der Waals surface area contributed by atoms with Crippen LogP contribution in [0.2, 0.25) is 5.02 Å². The summed E-state index contributed by atoms with van der Waals surface area (Å²) in [6.07, 6.45) is 2.06. The minimum Gasteiger partial charge on any atom is -0.397 e. The maximum absolute atomic E-state index is 12.2. The number of rotatable bonds is 2. The zero-order valence-electron chi connectivity index (χ0n) is 9.92. The maximum Gasteiger partial charge on any atom is 0.263 e. The van der Waals surface area contributed by atoms with Gasteiger partial charge in [-0.05, 0) is 31.9 Å². The van der Waals surface area contributed by atoms with Gasteiger partial charge in [-0.15, -0.1) is 11.3 Å². The van der Waals surface area contributed by atoms with Gasteiger partial charge in [0, 0.05) is 15.6 Å². The average molecular weight is 281 g/mol. The van der Waals surface area contributed by atoms with Gasteiger partial charge in [-0.2, -0.15) is 0 Å². The molecule has 3 N–H and O–H groups in total. The van der Waals surface area contributed by atoms with Crippen LogP contribution in [0.3, 0.4) is 0 Å². The molecule has 1 aliphatic rings. The zero-order valence-corrected chi connectivity index (χ0v) is 11.5. The molecule has 1 heterocycles. The first-order chi connectivity index (χ1) is 8.50. The van der Waals surface area contributed by atoms with Gasteiger partial charge in [-0.1, -0.05) is 17.7 Å². The Kier molecular flexibility index (Phi) is 2.54. The molecule has 0 aliphatic heterocycles. The summed E-state index contributed by atoms with van der Waals surface area (Å²) in [5.41, 5.74) is 6.50. The third kappa shape index (κ3) is 1.85. The van der Waals surface area contributed by atoms with Crippen LogP contribution in [0.5, 0.6) is 0 Å². The lowest BCUT2D eigenvalue weighted by molar-refractivity contribution is 0.0940. The fraction of sp³-hybridized carbons (Fsp3) is 0.308. The topological polar surface area (TPSA) is 55.1 Å². The first kappa shape index (κ1) is 11.8. The Balaban J connectivity index is 2.04. The molecule has 1 aromatic carbocycles. The molecule has 0 spiro atoms. The van der Waals surface area contributed by atoms with Crippen molar-refractivity contribution in [1.82, 2.24) is 5.32 Å². The summed E-state index contributed by atoms with van der Waals surface area (Å²) in [7, 11) is 0. The van der Waals surface area contributed by atoms with Crippen molar-refractivity contribution in [2.75, 3.05) is 5.73 Å². The summed E-state index contributed by atoms with van der Waals surface area (Å²) in [6, 6.07) is 5.58. The molecule has 1 fully saturated rings. The number of anilines is 1. The molecule has 0 unspecified atom stereocenters. The molecule has 0 radical (unpaired) electrons. The maximum atomic E-state index is 12.2. The van der Waals surface area contributed by atoms with E-state index in [0.717, 1.165) is 22.9 Å². The second-order valence-corrected chi connectivity index (χ2v) is 6.43. The van der Waals surface area contributed by atoms with E-state index in [-0.39, 0.29) is 11.4 Å². The van der Waals surface area contributed by atoms with Gasteiger partial charge >= 0.3 is 0 Å². The van der Waals surface area contributed by atoms with Gasteiger partial charge in [-0.3, -0.25) is 4.79 Å². The molecule has 5 heteroatoms. The second-order valence-electron chi connectivity index (χ2n) is 4.97. The highest BCUT2D eigenvalue weighted by Crippen LogP contribution is 2.39. The molecule has 0 bridgehead atoms. The van der Waals surface area contributed by atoms with Crippen molar-refractivity contribution in [2.24, 2.45) is 0 Å². The molecular formula is C13H13ClN2OS. The van der Waals surface area contributed by atoms with Crippen molar-refractivity contribution < 1.29 is 4.79 Å². The minimum absolute atomic E-state index is 0.0382. The number of nitrogens with one attached hydrogen (secondary N) is 1. The lowest BCUT2D eigenvalue weighted by atomic mass is 10.2. The van der Waals surface area contributed by atoms with E-state index in [4.69, 9.17) is 17.3 Å². The Morgan fingerprint density at radius 2 is 2.22 bits per heavy atom. The SMILES string of the molecule is CC1(NC(=O)c2sc3cccc(Cl)c3c2N)CC1. The van der Waals surface area contributed by atoms with E-state index >= 15 is 0 Å². The average Bonchev–Trinajstić information content (AvgIpc) is 2.91. The number of nitrogens with two attached hydrogens (primary N) is 1. The highest BCUT2D eigenvalue weighted by molar-refractivity contribution is 7.21. The van der Waals surface area contributed by atoms with E-state index in [0.29, 0.717) is 15.6 Å². The summed E-state index contributed by atoms with van der Waals surface area (Å²) in [4.78, 5) is 12.7. The van der Waals surface area contributed by atoms with Gasteiger partial charge in [0.2, 0.25) is 0 Å². The standard InChI is InChI=1S/C13H13ClN2OS/c1-13(5-6-13)16-12(17)11-10(15)9-7(14)3-2-4-8(9)18-11/h2-4H,5-6,15H2,1H3,(H,16,17). The van der Waals surface area contributed by atoms with Crippen molar-refractivity contribution in [2.45, 2.75) is 25.3 Å². The molecule has 3 rings (SSSR count). The highest BCUT2D eigenvalue weighted by Gasteiger charge is 2.39. The molecule has 3 nitrogen and oxygen atoms in total. The van der Waals surface area contributed by atoms with Gasteiger partial charge in [0.15, 0.2) is 0 Å². The molecule has 1 saturated carbocycles. The molecule has 0 atom stereocenters. The highest BCUT2D eigenvalue weighted by atomic mass is 35.5. The molecule has 1 aliphatic carbocycles. The number of amides is 1. The number of thiophene rings is 1. The summed E-state index contributed by atoms with van der Waals surface area (Å²) >= 11 is 7.51. The van der Waals surface area contributed by atoms with Crippen molar-refractivity contribution in [1.29, 1.82) is 0 Å². The van der Waals surface area contributed by atoms with Crippen molar-refractivity contribution in [3.63, 3.8) is 0 Å². The Bertz CT molecular complexity index is 646. The summed E-state index contributed by atoms with van der Waals surface area (Å²) in [6.45, 7) is 2.04. The van der Waals surface area contributed by atoms with Crippen LogP contribution in [-0.4, -0.2) is 11.4 Å². The number of fused-ring (bicyclic) bond motifs is 1. The van der Waals surface area contributed by atoms with Crippen LogP contribution >= 0.6 is 22.9 Å². The number of halogens is 1. The van der Waals surface area contributed by atoms with Gasteiger partial charge in [0.05, 0.1) is 10.7 Å². The van der Waals surface area contributed by atoms with Gasteiger partial charge in [0.25, 0.3) is 5.91 Å². The normalized spacial score (nSPS) is 16.8. The van der Waals surface area contributed by atoms with E-state index in [1.54, 1.807) is 6.07 Å². The number of carbonyl (C=O) groups excluding carboxylic acids is 1. The Hall–Kier alpha value is -1.26. The minimum atomic E-state index is -0.0928. The second kappa shape index (κ2) is 3.87. The predicted molar refractivity (Wildman–Crippen MR) is 76.4 cm³/mol. The number of carbonyl (C=O) groups is 1. The van der Waals surface area contributed by atoms with Crippen molar-refractivity contribution >= 4 is 44.6 Å². The van der Waals surface area contributed by atoms with Crippen LogP contribution in [0.25, 0.3) is 10.1 Å². The summed E-state index contributed by atoms with van der Waals surface area (Å²) in [5.74, 6) is -0.0928. The first-order valence-electron chi connectivity index (χ1n) is 5.79. The first-order valence-corrected chi connectivity index (χ1v) is 6.99. The third-order valence-electron chi connectivity index (χ3n) is 3.32. The molecule has 0 saturated heterocycles. The fourth-order valence-corrected chi connectivity index (χ4v) is 3.32. The van der Waals surface area contributed by atoms with Gasteiger partial charge in [-0.25, -0.2) is 0 Å². The number of nitrogen functional groups attached to an aromatic ring is 1. The predicted octanol–water partition coefficient (Wildman–Crippen LogP) is 3.42. The lowest BCUT2D eigenvalue weighted by Crippen LogP contribution is -2.34. The molecule has 1 aromatic heterocycles. The van der Waals surface area contributed by atoms with E-state index in [1.807, 2.05) is 19.1 Å². The van der Waals surface area contributed by atoms with Crippen molar-refractivity contribution in [3.05, 3.63) is 28.1 Å². The molecule has 18 heavy (non-hydrogen) atoms. The monoisotopic (exact) mass is 280 g/mol. The van der Waals surface area contributed by atoms with Crippen LogP contribution < -0.4 is 11.1 Å². The molecule has 2 aromatic rings. The molecule has 1 amide bonds. The largest absolute Gasteiger partial charge is 0.397 e. The fourth-order valence-electron chi connectivity index (χ4n) is 1.94. The Morgan fingerprint density at radius 1 is 1.50 bits per heavy atom. The number of hydrogen-bond acceptors (Lipinski definition) is 3. The zero-order chi connectivity index (χ0) is 12.9. The van der Waals surface area contributed by atoms with E-state index in [2.05, 4.69) is 5.32 Å². The Morgan fingerprint density at radius 3 is 2.83 bits per heavy atom. The van der Waals surface area contributed by atoms with Crippen LogP contribution in [0.4, 0.5) is 5.69 Å². The summed E-state index contributed by atoms with van der Waals surface area (Å²) in [5, 5.41) is 4.40. The Labute approximate surface area is 114 Å². The van der Waals surface area contributed by atoms with Crippen molar-refractivity contribution in [3.8, 4) is 0 Å². The van der Waals surface area contributed by atoms with Crippen LogP contribution in [-0.2, 0) is 0 Å². The number of benzene rings is 1. The summed E-state index contributed by atoms with van der Waals surface area (Å²) < 4.78 is 0.950. The quantitative estimate of drug-likeness (QED) is 0.886. The van der Waals surface area contributed by atoms with E-state index in [1.165, 1.54) is 11.3 Å². The van der Waals surface area contributed by atoms with E-state index < -0.39 is 0 Å². The third-order valence-corrected chi connectivity index (χ3v) is 4.81. The van der Waals surface area contributed by atoms with E-state index in [9.17, 15) is 4.79 Å². The molecule has 94 valence electrons. The molecular weight excluding hydrogens is 268 g/mol. The lowest BCUT2D eigenvalue weighted by Gasteiger charge is -2.10. The van der Waals surface area contributed by atoms with Gasteiger partial charge in [0.1, 0.15) is 4.88 Å². The van der Waals surface area contributed by atoms with Crippen LogP contribution in [0.1, 0.15) is 29.4 Å². The van der Waals surface area contributed by atoms with Gasteiger partial charge < -0.3 is 11.1 Å².